The van der Waals surface area contributed by atoms with Crippen LogP contribution < -0.4 is 10.5 Å². The Morgan fingerprint density at radius 3 is 2.25 bits per heavy atom. The van der Waals surface area contributed by atoms with Crippen LogP contribution in [0.3, 0.4) is 0 Å². The van der Waals surface area contributed by atoms with Crippen molar-refractivity contribution in [3.63, 3.8) is 0 Å². The molecule has 6 nitrogen and oxygen atoms in total. The van der Waals surface area contributed by atoms with Crippen LogP contribution in [0.4, 0.5) is 0 Å². The van der Waals surface area contributed by atoms with Crippen LogP contribution in [0.1, 0.15) is 19.4 Å². The van der Waals surface area contributed by atoms with E-state index in [2.05, 4.69) is 4.72 Å². The van der Waals surface area contributed by atoms with Crippen LogP contribution in [0.15, 0.2) is 30.3 Å². The van der Waals surface area contributed by atoms with Crippen LogP contribution in [0.25, 0.3) is 0 Å². The van der Waals surface area contributed by atoms with E-state index in [1.807, 2.05) is 30.3 Å². The summed E-state index contributed by atoms with van der Waals surface area (Å²) in [7, 11) is -3.70. The molecule has 0 bridgehead atoms. The lowest BCUT2D eigenvalue weighted by molar-refractivity contribution is -0.119. The number of carbonyl (C=O) groups excluding carboxylic acids is 1. The number of nitrogens with two attached hydrogens (primary N) is 1. The van der Waals surface area contributed by atoms with Gasteiger partial charge in [0, 0.05) is 13.1 Å². The van der Waals surface area contributed by atoms with Crippen molar-refractivity contribution in [3.8, 4) is 0 Å². The van der Waals surface area contributed by atoms with Gasteiger partial charge in [0.1, 0.15) is 6.04 Å². The molecule has 1 atom stereocenters. The smallest absolute Gasteiger partial charge is 0.280 e. The monoisotopic (exact) mass is 299 g/mol. The molecule has 112 valence electrons. The first-order chi connectivity index (χ1) is 9.40. The number of nitrogens with one attached hydrogen (secondary N) is 1. The summed E-state index contributed by atoms with van der Waals surface area (Å²) in [5, 5.41) is 0. The van der Waals surface area contributed by atoms with Gasteiger partial charge in [0.2, 0.25) is 5.91 Å². The van der Waals surface area contributed by atoms with Crippen molar-refractivity contribution in [2.24, 2.45) is 5.73 Å². The van der Waals surface area contributed by atoms with Gasteiger partial charge in [-0.05, 0) is 12.0 Å². The lowest BCUT2D eigenvalue weighted by Crippen LogP contribution is -2.51. The zero-order valence-corrected chi connectivity index (χ0v) is 12.6. The van der Waals surface area contributed by atoms with Crippen molar-refractivity contribution in [1.29, 1.82) is 0 Å². The molecule has 1 aromatic carbocycles. The standard InChI is InChI=1S/C13H21N3O3S/c1-3-16(4-2)20(18,19)15-12(13(14)17)10-11-8-6-5-7-9-11/h5-9,12,15H,3-4,10H2,1-2H3,(H2,14,17)/t12-/m0/s1. The Morgan fingerprint density at radius 2 is 1.80 bits per heavy atom. The quantitative estimate of drug-likeness (QED) is 0.721. The molecule has 0 fully saturated rings. The van der Waals surface area contributed by atoms with E-state index in [9.17, 15) is 13.2 Å². The lowest BCUT2D eigenvalue weighted by Gasteiger charge is -2.22. The third-order valence-electron chi connectivity index (χ3n) is 2.96. The van der Waals surface area contributed by atoms with Gasteiger partial charge in [-0.1, -0.05) is 44.2 Å². The third kappa shape index (κ3) is 4.59. The van der Waals surface area contributed by atoms with E-state index in [1.54, 1.807) is 13.8 Å². The van der Waals surface area contributed by atoms with Crippen molar-refractivity contribution < 1.29 is 13.2 Å². The molecule has 0 radical (unpaired) electrons. The summed E-state index contributed by atoms with van der Waals surface area (Å²) in [4.78, 5) is 11.5. The Hall–Kier alpha value is -1.44. The van der Waals surface area contributed by atoms with Crippen LogP contribution in [0.5, 0.6) is 0 Å². The summed E-state index contributed by atoms with van der Waals surface area (Å²) in [6.45, 7) is 4.14. The second kappa shape index (κ2) is 7.37. The lowest BCUT2D eigenvalue weighted by atomic mass is 10.1. The number of amides is 1. The second-order valence-electron chi connectivity index (χ2n) is 4.35. The third-order valence-corrected chi connectivity index (χ3v) is 4.74. The number of nitrogens with zero attached hydrogens (tertiary/aromatic N) is 1. The minimum Gasteiger partial charge on any atom is -0.368 e. The van der Waals surface area contributed by atoms with E-state index >= 15 is 0 Å². The van der Waals surface area contributed by atoms with E-state index in [1.165, 1.54) is 4.31 Å². The van der Waals surface area contributed by atoms with Gasteiger partial charge < -0.3 is 5.73 Å². The minimum atomic E-state index is -3.70. The number of hydrogen-bond acceptors (Lipinski definition) is 3. The molecule has 0 unspecified atom stereocenters. The molecule has 0 aromatic heterocycles. The molecule has 3 N–H and O–H groups in total. The van der Waals surface area contributed by atoms with Gasteiger partial charge in [0.05, 0.1) is 0 Å². The summed E-state index contributed by atoms with van der Waals surface area (Å²) in [6, 6.07) is 8.19. The normalized spacial score (nSPS) is 13.3. The first kappa shape index (κ1) is 16.6. The molecule has 0 heterocycles. The van der Waals surface area contributed by atoms with Gasteiger partial charge in [-0.2, -0.15) is 17.4 Å². The zero-order valence-electron chi connectivity index (χ0n) is 11.7. The number of carbonyl (C=O) groups is 1. The van der Waals surface area contributed by atoms with Crippen molar-refractivity contribution >= 4 is 16.1 Å². The first-order valence-corrected chi connectivity index (χ1v) is 7.95. The Morgan fingerprint density at radius 1 is 1.25 bits per heavy atom. The predicted molar refractivity (Wildman–Crippen MR) is 78.1 cm³/mol. The molecule has 0 aliphatic heterocycles. The maximum absolute atomic E-state index is 12.1. The molecule has 0 aliphatic rings. The molecule has 0 spiro atoms. The van der Waals surface area contributed by atoms with E-state index in [0.29, 0.717) is 13.1 Å². The average molecular weight is 299 g/mol. The Bertz CT molecular complexity index is 527. The minimum absolute atomic E-state index is 0.233. The van der Waals surface area contributed by atoms with Crippen molar-refractivity contribution in [3.05, 3.63) is 35.9 Å². The molecular formula is C13H21N3O3S. The Kier molecular flexibility index (Phi) is 6.12. The van der Waals surface area contributed by atoms with Crippen molar-refractivity contribution in [1.82, 2.24) is 9.03 Å². The van der Waals surface area contributed by atoms with Gasteiger partial charge in [0.25, 0.3) is 10.2 Å². The molecule has 1 rings (SSSR count). The summed E-state index contributed by atoms with van der Waals surface area (Å²) in [5.74, 6) is -0.690. The zero-order chi connectivity index (χ0) is 15.2. The van der Waals surface area contributed by atoms with Crippen LogP contribution in [-0.2, 0) is 21.4 Å². The average Bonchev–Trinajstić information content (AvgIpc) is 2.39. The van der Waals surface area contributed by atoms with E-state index < -0.39 is 22.2 Å². The number of hydrogen-bond donors (Lipinski definition) is 2. The van der Waals surface area contributed by atoms with Crippen molar-refractivity contribution in [2.45, 2.75) is 26.3 Å². The summed E-state index contributed by atoms with van der Waals surface area (Å²) >= 11 is 0. The molecule has 20 heavy (non-hydrogen) atoms. The van der Waals surface area contributed by atoms with E-state index in [4.69, 9.17) is 5.73 Å². The summed E-state index contributed by atoms with van der Waals surface area (Å²) < 4.78 is 27.8. The fourth-order valence-electron chi connectivity index (χ4n) is 1.87. The number of rotatable bonds is 8. The summed E-state index contributed by atoms with van der Waals surface area (Å²) in [6.07, 6.45) is 0.233. The SMILES string of the molecule is CCN(CC)S(=O)(=O)N[C@@H](Cc1ccccc1)C(N)=O. The van der Waals surface area contributed by atoms with Crippen LogP contribution in [-0.4, -0.2) is 37.8 Å². The Balaban J connectivity index is 2.86. The van der Waals surface area contributed by atoms with Gasteiger partial charge in [0.15, 0.2) is 0 Å². The van der Waals surface area contributed by atoms with Gasteiger partial charge in [-0.15, -0.1) is 0 Å². The number of primary amides is 1. The number of benzene rings is 1. The highest BCUT2D eigenvalue weighted by molar-refractivity contribution is 7.87. The topological polar surface area (TPSA) is 92.5 Å². The summed E-state index contributed by atoms with van der Waals surface area (Å²) in [5.41, 5.74) is 6.14. The van der Waals surface area contributed by atoms with E-state index in [0.717, 1.165) is 5.56 Å². The molecule has 1 amide bonds. The molecular weight excluding hydrogens is 278 g/mol. The highest BCUT2D eigenvalue weighted by Crippen LogP contribution is 2.06. The molecule has 7 heteroatoms. The fraction of sp³-hybridized carbons (Fsp3) is 0.462. The van der Waals surface area contributed by atoms with Crippen LogP contribution in [0.2, 0.25) is 0 Å². The Labute approximate surface area is 120 Å². The second-order valence-corrected chi connectivity index (χ2v) is 6.05. The molecule has 0 aliphatic carbocycles. The van der Waals surface area contributed by atoms with Gasteiger partial charge in [-0.25, -0.2) is 0 Å². The van der Waals surface area contributed by atoms with Gasteiger partial charge >= 0.3 is 0 Å². The van der Waals surface area contributed by atoms with Crippen LogP contribution >= 0.6 is 0 Å². The van der Waals surface area contributed by atoms with Crippen molar-refractivity contribution in [2.75, 3.05) is 13.1 Å². The van der Waals surface area contributed by atoms with Gasteiger partial charge in [-0.3, -0.25) is 4.79 Å². The molecule has 0 saturated heterocycles. The molecule has 0 saturated carbocycles. The van der Waals surface area contributed by atoms with Crippen LogP contribution in [0, 0.1) is 0 Å². The highest BCUT2D eigenvalue weighted by atomic mass is 32.2. The first-order valence-electron chi connectivity index (χ1n) is 6.51. The fourth-order valence-corrected chi connectivity index (χ4v) is 3.26. The van der Waals surface area contributed by atoms with E-state index in [-0.39, 0.29) is 6.42 Å². The maximum atomic E-state index is 12.1. The molecule has 1 aromatic rings. The largest absolute Gasteiger partial charge is 0.368 e. The predicted octanol–water partition coefficient (Wildman–Crippen LogP) is 0.259. The maximum Gasteiger partial charge on any atom is 0.280 e. The highest BCUT2D eigenvalue weighted by Gasteiger charge is 2.26.